The minimum atomic E-state index is -0.0933. The van der Waals surface area contributed by atoms with E-state index in [0.29, 0.717) is 11.3 Å². The second-order valence-corrected chi connectivity index (χ2v) is 7.07. The number of aliphatic hydroxyl groups is 1. The van der Waals surface area contributed by atoms with Gasteiger partial charge in [-0.3, -0.25) is 0 Å². The number of hydrogen-bond donors (Lipinski definition) is 1. The molecule has 0 aromatic carbocycles. The van der Waals surface area contributed by atoms with Crippen molar-refractivity contribution in [3.05, 3.63) is 11.6 Å². The van der Waals surface area contributed by atoms with Crippen LogP contribution in [0, 0.1) is 17.3 Å². The van der Waals surface area contributed by atoms with Crippen LogP contribution >= 0.6 is 0 Å². The van der Waals surface area contributed by atoms with E-state index in [0.717, 1.165) is 25.2 Å². The number of allylic oxidation sites excluding steroid dienone is 1. The topological polar surface area (TPSA) is 20.2 Å². The maximum atomic E-state index is 9.64. The van der Waals surface area contributed by atoms with Gasteiger partial charge < -0.3 is 5.11 Å². The Hall–Kier alpha value is -0.300. The Morgan fingerprint density at radius 3 is 2.44 bits per heavy atom. The molecule has 106 valence electrons. The lowest BCUT2D eigenvalue weighted by molar-refractivity contribution is 0.149. The molecule has 1 N–H and O–H groups in total. The molecule has 0 saturated heterocycles. The lowest BCUT2D eigenvalue weighted by Crippen LogP contribution is -2.27. The van der Waals surface area contributed by atoms with Crippen LogP contribution in [0.2, 0.25) is 0 Å². The fraction of sp³-hybridized carbons (Fsp3) is 0.882. The number of aliphatic hydroxyl groups excluding tert-OH is 1. The first-order chi connectivity index (χ1) is 8.36. The van der Waals surface area contributed by atoms with Gasteiger partial charge in [0.15, 0.2) is 0 Å². The van der Waals surface area contributed by atoms with E-state index in [9.17, 15) is 5.11 Å². The quantitative estimate of drug-likeness (QED) is 0.663. The zero-order chi connectivity index (χ0) is 13.8. The molecule has 1 heteroatoms. The summed E-state index contributed by atoms with van der Waals surface area (Å²) in [6.45, 7) is 11.7. The van der Waals surface area contributed by atoms with Crippen molar-refractivity contribution in [2.75, 3.05) is 0 Å². The van der Waals surface area contributed by atoms with Gasteiger partial charge in [-0.25, -0.2) is 0 Å². The number of hydrogen-bond acceptors (Lipinski definition) is 1. The van der Waals surface area contributed by atoms with Crippen LogP contribution < -0.4 is 0 Å². The van der Waals surface area contributed by atoms with Crippen molar-refractivity contribution in [2.24, 2.45) is 17.3 Å². The van der Waals surface area contributed by atoms with Gasteiger partial charge in [0.2, 0.25) is 0 Å². The van der Waals surface area contributed by atoms with Gasteiger partial charge in [-0.05, 0) is 42.9 Å². The van der Waals surface area contributed by atoms with E-state index in [1.807, 2.05) is 0 Å². The van der Waals surface area contributed by atoms with Gasteiger partial charge in [-0.2, -0.15) is 0 Å². The molecule has 1 aliphatic rings. The third kappa shape index (κ3) is 4.42. The first-order valence-electron chi connectivity index (χ1n) is 7.73. The SMILES string of the molecule is CCC(C)(C)C(CCC(C)C)C1=CCC(O)CC1. The van der Waals surface area contributed by atoms with Crippen LogP contribution in [0.5, 0.6) is 0 Å². The third-order valence-electron chi connectivity index (χ3n) is 4.75. The fourth-order valence-corrected chi connectivity index (χ4v) is 2.98. The summed E-state index contributed by atoms with van der Waals surface area (Å²) in [5.41, 5.74) is 2.01. The van der Waals surface area contributed by atoms with Crippen molar-refractivity contribution in [2.45, 2.75) is 79.2 Å². The molecule has 1 aliphatic carbocycles. The Labute approximate surface area is 114 Å². The molecule has 0 amide bonds. The smallest absolute Gasteiger partial charge is 0.0577 e. The molecule has 0 aromatic heterocycles. The molecule has 0 spiro atoms. The molecule has 0 aliphatic heterocycles. The van der Waals surface area contributed by atoms with Crippen LogP contribution in [0.3, 0.4) is 0 Å². The lowest BCUT2D eigenvalue weighted by atomic mass is 9.68. The summed E-state index contributed by atoms with van der Waals surface area (Å²) in [7, 11) is 0. The lowest BCUT2D eigenvalue weighted by Gasteiger charge is -2.38. The van der Waals surface area contributed by atoms with Crippen LogP contribution in [-0.2, 0) is 0 Å². The molecule has 1 nitrogen and oxygen atoms in total. The Kier molecular flexibility index (Phi) is 5.91. The first kappa shape index (κ1) is 15.8. The normalized spacial score (nSPS) is 23.1. The summed E-state index contributed by atoms with van der Waals surface area (Å²) in [5.74, 6) is 1.49. The third-order valence-corrected chi connectivity index (χ3v) is 4.75. The summed E-state index contributed by atoms with van der Waals surface area (Å²) in [4.78, 5) is 0. The molecule has 0 radical (unpaired) electrons. The van der Waals surface area contributed by atoms with E-state index in [-0.39, 0.29) is 6.10 Å². The maximum absolute atomic E-state index is 9.64. The van der Waals surface area contributed by atoms with Crippen LogP contribution in [-0.4, -0.2) is 11.2 Å². The van der Waals surface area contributed by atoms with E-state index >= 15 is 0 Å². The van der Waals surface area contributed by atoms with Gasteiger partial charge in [0.1, 0.15) is 0 Å². The van der Waals surface area contributed by atoms with Crippen LogP contribution in [0.25, 0.3) is 0 Å². The van der Waals surface area contributed by atoms with E-state index < -0.39 is 0 Å². The molecule has 18 heavy (non-hydrogen) atoms. The molecule has 0 bridgehead atoms. The molecule has 0 heterocycles. The van der Waals surface area contributed by atoms with Gasteiger partial charge in [-0.1, -0.05) is 59.1 Å². The summed E-state index contributed by atoms with van der Waals surface area (Å²) in [6, 6.07) is 0. The van der Waals surface area contributed by atoms with Gasteiger partial charge in [0, 0.05) is 0 Å². The highest BCUT2D eigenvalue weighted by atomic mass is 16.3. The van der Waals surface area contributed by atoms with Crippen molar-refractivity contribution in [1.29, 1.82) is 0 Å². The Morgan fingerprint density at radius 2 is 2.00 bits per heavy atom. The molecule has 0 saturated carbocycles. The zero-order valence-corrected chi connectivity index (χ0v) is 13.0. The predicted octanol–water partition coefficient (Wildman–Crippen LogP) is 4.95. The van der Waals surface area contributed by atoms with Gasteiger partial charge >= 0.3 is 0 Å². The molecule has 1 rings (SSSR count). The Morgan fingerprint density at radius 1 is 1.33 bits per heavy atom. The Balaban J connectivity index is 2.77. The minimum Gasteiger partial charge on any atom is -0.393 e. The van der Waals surface area contributed by atoms with Gasteiger partial charge in [-0.15, -0.1) is 0 Å². The van der Waals surface area contributed by atoms with Crippen LogP contribution in [0.15, 0.2) is 11.6 Å². The second-order valence-electron chi connectivity index (χ2n) is 7.07. The molecule has 0 fully saturated rings. The summed E-state index contributed by atoms with van der Waals surface area (Å²) < 4.78 is 0. The highest BCUT2D eigenvalue weighted by molar-refractivity contribution is 5.14. The molecular formula is C17H32O. The van der Waals surface area contributed by atoms with E-state index in [1.165, 1.54) is 19.3 Å². The van der Waals surface area contributed by atoms with Crippen molar-refractivity contribution in [3.8, 4) is 0 Å². The maximum Gasteiger partial charge on any atom is 0.0577 e. The molecule has 0 aromatic rings. The summed E-state index contributed by atoms with van der Waals surface area (Å²) >= 11 is 0. The van der Waals surface area contributed by atoms with Gasteiger partial charge in [0.25, 0.3) is 0 Å². The van der Waals surface area contributed by atoms with Crippen molar-refractivity contribution in [3.63, 3.8) is 0 Å². The van der Waals surface area contributed by atoms with Crippen LogP contribution in [0.4, 0.5) is 0 Å². The minimum absolute atomic E-state index is 0.0933. The van der Waals surface area contributed by atoms with Gasteiger partial charge in [0.05, 0.1) is 6.10 Å². The van der Waals surface area contributed by atoms with E-state index in [2.05, 4.69) is 40.7 Å². The monoisotopic (exact) mass is 252 g/mol. The molecule has 2 unspecified atom stereocenters. The van der Waals surface area contributed by atoms with E-state index in [1.54, 1.807) is 5.57 Å². The largest absolute Gasteiger partial charge is 0.393 e. The fourth-order valence-electron chi connectivity index (χ4n) is 2.98. The van der Waals surface area contributed by atoms with Crippen molar-refractivity contribution < 1.29 is 5.11 Å². The highest BCUT2D eigenvalue weighted by Crippen LogP contribution is 2.42. The highest BCUT2D eigenvalue weighted by Gasteiger charge is 2.31. The van der Waals surface area contributed by atoms with Crippen LogP contribution in [0.1, 0.15) is 73.1 Å². The average molecular weight is 252 g/mol. The second kappa shape index (κ2) is 6.75. The molecule has 2 atom stereocenters. The zero-order valence-electron chi connectivity index (χ0n) is 13.0. The molecular weight excluding hydrogens is 220 g/mol. The van der Waals surface area contributed by atoms with E-state index in [4.69, 9.17) is 0 Å². The average Bonchev–Trinajstić information content (AvgIpc) is 2.31. The number of rotatable bonds is 6. The summed E-state index contributed by atoms with van der Waals surface area (Å²) in [5, 5.41) is 9.64. The predicted molar refractivity (Wildman–Crippen MR) is 79.6 cm³/mol. The van der Waals surface area contributed by atoms with Crippen molar-refractivity contribution in [1.82, 2.24) is 0 Å². The standard InChI is InChI=1S/C17H32O/c1-6-17(4,5)16(12-7-13(2)3)14-8-10-15(18)11-9-14/h8,13,15-16,18H,6-7,9-12H2,1-5H3. The summed E-state index contributed by atoms with van der Waals surface area (Å²) in [6.07, 6.45) is 9.02. The van der Waals surface area contributed by atoms with Crippen molar-refractivity contribution >= 4 is 0 Å². The first-order valence-corrected chi connectivity index (χ1v) is 7.73. The Bertz CT molecular complexity index is 275.